The monoisotopic (exact) mass is 214 g/mol. The molecule has 0 spiro atoms. The third kappa shape index (κ3) is 1.92. The second kappa shape index (κ2) is 3.64. The van der Waals surface area contributed by atoms with Crippen molar-refractivity contribution in [2.24, 2.45) is 0 Å². The molecule has 0 saturated heterocycles. The summed E-state index contributed by atoms with van der Waals surface area (Å²) in [5, 5.41) is 10.8. The average Bonchev–Trinajstić information content (AvgIpc) is 2.03. The van der Waals surface area contributed by atoms with Crippen LogP contribution < -0.4 is 0 Å². The van der Waals surface area contributed by atoms with Crippen LogP contribution in [0.2, 0.25) is 18.1 Å². The standard InChI is InChI=1S/C12H26OSi/c1-11(2,3)14(4,5)12(13)9-7-6-8-10-12/h13H,6-10H2,1-5H3. The average molecular weight is 214 g/mol. The molecule has 0 aromatic rings. The molecule has 0 radical (unpaired) electrons. The summed E-state index contributed by atoms with van der Waals surface area (Å²) in [6, 6.07) is 0. The molecule has 0 aliphatic heterocycles. The van der Waals surface area contributed by atoms with Gasteiger partial charge in [-0.25, -0.2) is 0 Å². The largest absolute Gasteiger partial charge is 0.393 e. The van der Waals surface area contributed by atoms with Gasteiger partial charge in [0.2, 0.25) is 0 Å². The van der Waals surface area contributed by atoms with Crippen LogP contribution in [0.5, 0.6) is 0 Å². The highest BCUT2D eigenvalue weighted by molar-refractivity contribution is 6.82. The zero-order valence-corrected chi connectivity index (χ0v) is 11.5. The van der Waals surface area contributed by atoms with Gasteiger partial charge in [-0.15, -0.1) is 0 Å². The summed E-state index contributed by atoms with van der Waals surface area (Å²) in [6.07, 6.45) is 5.86. The fourth-order valence-corrected chi connectivity index (χ4v) is 5.46. The van der Waals surface area contributed by atoms with Crippen molar-refractivity contribution in [1.82, 2.24) is 0 Å². The molecular weight excluding hydrogens is 188 g/mol. The molecule has 0 aromatic heterocycles. The van der Waals surface area contributed by atoms with E-state index in [0.717, 1.165) is 12.8 Å². The summed E-state index contributed by atoms with van der Waals surface area (Å²) in [5.74, 6) is 0. The van der Waals surface area contributed by atoms with E-state index in [1.165, 1.54) is 19.3 Å². The molecule has 0 amide bonds. The van der Waals surface area contributed by atoms with E-state index in [1.54, 1.807) is 0 Å². The Hall–Kier alpha value is 0.177. The maximum atomic E-state index is 10.8. The molecule has 1 saturated carbocycles. The molecule has 1 nitrogen and oxygen atoms in total. The molecule has 14 heavy (non-hydrogen) atoms. The lowest BCUT2D eigenvalue weighted by molar-refractivity contribution is 0.0692. The first-order valence-corrected chi connectivity index (χ1v) is 8.93. The highest BCUT2D eigenvalue weighted by Crippen LogP contribution is 2.48. The Bertz CT molecular complexity index is 197. The number of rotatable bonds is 1. The molecule has 1 N–H and O–H groups in total. The normalized spacial score (nSPS) is 23.6. The Morgan fingerprint density at radius 3 is 1.79 bits per heavy atom. The molecule has 1 aliphatic carbocycles. The van der Waals surface area contributed by atoms with Crippen molar-refractivity contribution >= 4 is 8.07 Å². The maximum Gasteiger partial charge on any atom is 0.0903 e. The Labute approximate surface area is 89.9 Å². The van der Waals surface area contributed by atoms with Gasteiger partial charge in [-0.3, -0.25) is 0 Å². The van der Waals surface area contributed by atoms with Crippen molar-refractivity contribution < 1.29 is 5.11 Å². The lowest BCUT2D eigenvalue weighted by Crippen LogP contribution is -2.60. The van der Waals surface area contributed by atoms with Crippen molar-refractivity contribution in [2.75, 3.05) is 0 Å². The van der Waals surface area contributed by atoms with Gasteiger partial charge in [-0.2, -0.15) is 0 Å². The topological polar surface area (TPSA) is 20.2 Å². The van der Waals surface area contributed by atoms with Gasteiger partial charge < -0.3 is 5.11 Å². The summed E-state index contributed by atoms with van der Waals surface area (Å²) < 4.78 is 0. The zero-order chi connectivity index (χ0) is 11.0. The first kappa shape index (κ1) is 12.2. The molecule has 0 bridgehead atoms. The minimum absolute atomic E-state index is 0.302. The van der Waals surface area contributed by atoms with Gasteiger partial charge in [0, 0.05) is 0 Å². The van der Waals surface area contributed by atoms with Crippen LogP contribution in [0.15, 0.2) is 0 Å². The Morgan fingerprint density at radius 2 is 1.43 bits per heavy atom. The van der Waals surface area contributed by atoms with Gasteiger partial charge in [0.25, 0.3) is 0 Å². The summed E-state index contributed by atoms with van der Waals surface area (Å²) in [4.78, 5) is 0. The van der Waals surface area contributed by atoms with Crippen LogP contribution in [-0.4, -0.2) is 18.4 Å². The molecular formula is C12H26OSi. The summed E-state index contributed by atoms with van der Waals surface area (Å²) in [6.45, 7) is 11.6. The van der Waals surface area contributed by atoms with Crippen LogP contribution in [0.3, 0.4) is 0 Å². The van der Waals surface area contributed by atoms with Gasteiger partial charge in [0.1, 0.15) is 0 Å². The predicted octanol–water partition coefficient (Wildman–Crippen LogP) is 3.73. The quantitative estimate of drug-likeness (QED) is 0.659. The maximum absolute atomic E-state index is 10.8. The van der Waals surface area contributed by atoms with Crippen molar-refractivity contribution in [3.8, 4) is 0 Å². The molecule has 84 valence electrons. The van der Waals surface area contributed by atoms with Gasteiger partial charge in [-0.1, -0.05) is 53.1 Å². The summed E-state index contributed by atoms with van der Waals surface area (Å²) >= 11 is 0. The second-order valence-electron chi connectivity index (χ2n) is 6.47. The van der Waals surface area contributed by atoms with Crippen molar-refractivity contribution in [2.45, 2.75) is 76.2 Å². The van der Waals surface area contributed by atoms with E-state index >= 15 is 0 Å². The van der Waals surface area contributed by atoms with Crippen LogP contribution in [-0.2, 0) is 0 Å². The van der Waals surface area contributed by atoms with Crippen molar-refractivity contribution in [3.63, 3.8) is 0 Å². The molecule has 1 rings (SSSR count). The molecule has 0 unspecified atom stereocenters. The van der Waals surface area contributed by atoms with Gasteiger partial charge in [0.15, 0.2) is 0 Å². The SMILES string of the molecule is CC(C)(C)[Si](C)(C)C1(O)CCCCC1. The Kier molecular flexibility index (Phi) is 3.18. The number of hydrogen-bond acceptors (Lipinski definition) is 1. The smallest absolute Gasteiger partial charge is 0.0903 e. The summed E-state index contributed by atoms with van der Waals surface area (Å²) in [5.41, 5.74) is 0. The molecule has 0 aromatic carbocycles. The molecule has 2 heteroatoms. The minimum atomic E-state index is -1.57. The van der Waals surface area contributed by atoms with Crippen LogP contribution >= 0.6 is 0 Å². The first-order chi connectivity index (χ1) is 6.21. The first-order valence-electron chi connectivity index (χ1n) is 5.93. The van der Waals surface area contributed by atoms with Crippen LogP contribution in [0, 0.1) is 0 Å². The lowest BCUT2D eigenvalue weighted by atomic mass is 9.97. The summed E-state index contributed by atoms with van der Waals surface area (Å²) in [7, 11) is -1.57. The Balaban J connectivity index is 2.89. The van der Waals surface area contributed by atoms with E-state index in [9.17, 15) is 5.11 Å². The number of aliphatic hydroxyl groups is 1. The van der Waals surface area contributed by atoms with E-state index < -0.39 is 8.07 Å². The van der Waals surface area contributed by atoms with Gasteiger partial charge in [-0.05, 0) is 17.9 Å². The van der Waals surface area contributed by atoms with E-state index in [-0.39, 0.29) is 5.22 Å². The van der Waals surface area contributed by atoms with Crippen LogP contribution in [0.25, 0.3) is 0 Å². The van der Waals surface area contributed by atoms with E-state index in [1.807, 2.05) is 0 Å². The third-order valence-electron chi connectivity index (χ3n) is 4.72. The number of hydrogen-bond donors (Lipinski definition) is 1. The Morgan fingerprint density at radius 1 is 1.00 bits per heavy atom. The zero-order valence-electron chi connectivity index (χ0n) is 10.5. The van der Waals surface area contributed by atoms with E-state index in [4.69, 9.17) is 0 Å². The fraction of sp³-hybridized carbons (Fsp3) is 1.00. The van der Waals surface area contributed by atoms with E-state index in [0.29, 0.717) is 5.04 Å². The van der Waals surface area contributed by atoms with Crippen molar-refractivity contribution in [1.29, 1.82) is 0 Å². The third-order valence-corrected chi connectivity index (χ3v) is 11.3. The molecule has 1 aliphatic rings. The lowest BCUT2D eigenvalue weighted by Gasteiger charge is -2.51. The highest BCUT2D eigenvalue weighted by atomic mass is 28.3. The van der Waals surface area contributed by atoms with Gasteiger partial charge >= 0.3 is 0 Å². The van der Waals surface area contributed by atoms with E-state index in [2.05, 4.69) is 33.9 Å². The van der Waals surface area contributed by atoms with Crippen molar-refractivity contribution in [3.05, 3.63) is 0 Å². The highest BCUT2D eigenvalue weighted by Gasteiger charge is 2.51. The molecule has 0 heterocycles. The fourth-order valence-electron chi connectivity index (χ4n) is 2.46. The van der Waals surface area contributed by atoms with Crippen LogP contribution in [0.1, 0.15) is 52.9 Å². The minimum Gasteiger partial charge on any atom is -0.393 e. The predicted molar refractivity (Wildman–Crippen MR) is 65.2 cm³/mol. The second-order valence-corrected chi connectivity index (χ2v) is 12.1. The van der Waals surface area contributed by atoms with Crippen LogP contribution in [0.4, 0.5) is 0 Å². The molecule has 1 fully saturated rings. The molecule has 0 atom stereocenters. The van der Waals surface area contributed by atoms with Gasteiger partial charge in [0.05, 0.1) is 13.3 Å².